The summed E-state index contributed by atoms with van der Waals surface area (Å²) in [6.07, 6.45) is 53.5. The second-order valence-electron chi connectivity index (χ2n) is 24.2. The van der Waals surface area contributed by atoms with Crippen LogP contribution in [0, 0.1) is 0 Å². The standard InChI is InChI=1S/C69H130O17P2/c1-5-9-13-17-21-24-27-30-32-34-37-40-44-48-52-56-69(74)86-65(60-80-67(72)54-50-46-42-38-36-33-31-28-25-22-18-14-10-6-2)62-84-88(77,78)82-58-63(70)57-81-87(75,76)83-61-64(59-79-66(71)53-49-45-41-20-16-12-8-4)85-68(73)55-51-47-43-39-35-29-26-23-19-15-11-7-3/h24,27,30,32,63-65,70H,5-23,25-26,28-29,31,33-62H2,1-4H3,(H,75,76)(H,77,78)/b27-24-,32-30-/t63-,64+,65+/m0/s1. The first-order chi connectivity index (χ1) is 42.7. The smallest absolute Gasteiger partial charge is 0.462 e. The lowest BCUT2D eigenvalue weighted by Gasteiger charge is -2.21. The van der Waals surface area contributed by atoms with Gasteiger partial charge in [-0.2, -0.15) is 0 Å². The quantitative estimate of drug-likeness (QED) is 0.0169. The highest BCUT2D eigenvalue weighted by Gasteiger charge is 2.30. The fourth-order valence-corrected chi connectivity index (χ4v) is 11.6. The fourth-order valence-electron chi connectivity index (χ4n) is 9.98. The van der Waals surface area contributed by atoms with Crippen molar-refractivity contribution in [2.75, 3.05) is 39.6 Å². The van der Waals surface area contributed by atoms with Crippen molar-refractivity contribution < 1.29 is 80.2 Å². The molecule has 0 aliphatic carbocycles. The number of aliphatic hydroxyl groups is 1. The molecule has 0 saturated carbocycles. The molecular formula is C69H130O17P2. The molecule has 88 heavy (non-hydrogen) atoms. The van der Waals surface area contributed by atoms with Crippen molar-refractivity contribution in [3.05, 3.63) is 24.3 Å². The van der Waals surface area contributed by atoms with Crippen LogP contribution in [0.25, 0.3) is 0 Å². The number of ether oxygens (including phenoxy) is 4. The number of carbonyl (C=O) groups excluding carboxylic acids is 4. The zero-order chi connectivity index (χ0) is 64.7. The highest BCUT2D eigenvalue weighted by Crippen LogP contribution is 2.45. The number of aliphatic hydroxyl groups excluding tert-OH is 1. The number of phosphoric ester groups is 2. The third-order valence-electron chi connectivity index (χ3n) is 15.5. The van der Waals surface area contributed by atoms with Crippen molar-refractivity contribution in [3.8, 4) is 0 Å². The number of phosphoric acid groups is 2. The van der Waals surface area contributed by atoms with Gasteiger partial charge >= 0.3 is 39.5 Å². The van der Waals surface area contributed by atoms with Crippen molar-refractivity contribution in [3.63, 3.8) is 0 Å². The summed E-state index contributed by atoms with van der Waals surface area (Å²) in [4.78, 5) is 72.3. The average molecular weight is 1290 g/mol. The summed E-state index contributed by atoms with van der Waals surface area (Å²) >= 11 is 0. The molecule has 0 aliphatic rings. The largest absolute Gasteiger partial charge is 0.472 e. The molecule has 0 saturated heterocycles. The van der Waals surface area contributed by atoms with Gasteiger partial charge in [-0.1, -0.05) is 283 Å². The Hall–Kier alpha value is -2.46. The highest BCUT2D eigenvalue weighted by molar-refractivity contribution is 7.47. The van der Waals surface area contributed by atoms with Gasteiger partial charge in [0.15, 0.2) is 12.2 Å². The number of allylic oxidation sites excluding steroid dienone is 4. The molecule has 0 spiro atoms. The maximum Gasteiger partial charge on any atom is 0.472 e. The normalized spacial score (nSPS) is 14.2. The lowest BCUT2D eigenvalue weighted by Crippen LogP contribution is -2.30. The first-order valence-corrected chi connectivity index (χ1v) is 38.6. The minimum atomic E-state index is -4.96. The van der Waals surface area contributed by atoms with E-state index in [9.17, 15) is 43.2 Å². The van der Waals surface area contributed by atoms with E-state index in [0.717, 1.165) is 116 Å². The number of carbonyl (C=O) groups is 4. The van der Waals surface area contributed by atoms with Gasteiger partial charge in [0.1, 0.15) is 19.3 Å². The second kappa shape index (κ2) is 63.3. The molecule has 0 aromatic heterocycles. The van der Waals surface area contributed by atoms with Crippen LogP contribution in [-0.4, -0.2) is 96.7 Å². The zero-order valence-electron chi connectivity index (χ0n) is 56.2. The lowest BCUT2D eigenvalue weighted by molar-refractivity contribution is -0.161. The molecule has 0 bridgehead atoms. The molecule has 0 aliphatic heterocycles. The number of hydrogen-bond acceptors (Lipinski definition) is 15. The van der Waals surface area contributed by atoms with Crippen LogP contribution in [0.15, 0.2) is 24.3 Å². The average Bonchev–Trinajstić information content (AvgIpc) is 3.71. The van der Waals surface area contributed by atoms with Crippen LogP contribution >= 0.6 is 15.6 Å². The fraction of sp³-hybridized carbons (Fsp3) is 0.884. The van der Waals surface area contributed by atoms with Crippen molar-refractivity contribution in [1.29, 1.82) is 0 Å². The molecule has 518 valence electrons. The van der Waals surface area contributed by atoms with Crippen LogP contribution < -0.4 is 0 Å². The number of esters is 4. The van der Waals surface area contributed by atoms with E-state index in [1.165, 1.54) is 141 Å². The van der Waals surface area contributed by atoms with Gasteiger partial charge in [-0.05, 0) is 51.4 Å². The Bertz CT molecular complexity index is 1780. The van der Waals surface area contributed by atoms with Crippen molar-refractivity contribution >= 4 is 39.5 Å². The Balaban J connectivity index is 5.25. The molecule has 19 heteroatoms. The highest BCUT2D eigenvalue weighted by atomic mass is 31.2. The van der Waals surface area contributed by atoms with Crippen LogP contribution in [0.2, 0.25) is 0 Å². The van der Waals surface area contributed by atoms with Gasteiger partial charge in [-0.15, -0.1) is 0 Å². The van der Waals surface area contributed by atoms with E-state index in [2.05, 4.69) is 52.0 Å². The molecule has 0 heterocycles. The molecule has 3 N–H and O–H groups in total. The van der Waals surface area contributed by atoms with Gasteiger partial charge < -0.3 is 33.8 Å². The number of rotatable bonds is 68. The Kier molecular flexibility index (Phi) is 61.5. The third-order valence-corrected chi connectivity index (χ3v) is 17.4. The topological polar surface area (TPSA) is 237 Å². The van der Waals surface area contributed by atoms with Gasteiger partial charge in [0.2, 0.25) is 0 Å². The van der Waals surface area contributed by atoms with Gasteiger partial charge in [0.25, 0.3) is 0 Å². The molecule has 0 rings (SSSR count). The minimum absolute atomic E-state index is 0.0858. The predicted octanol–water partition coefficient (Wildman–Crippen LogP) is 19.4. The third kappa shape index (κ3) is 62.4. The van der Waals surface area contributed by atoms with E-state index < -0.39 is 97.5 Å². The van der Waals surface area contributed by atoms with Crippen LogP contribution in [0.5, 0.6) is 0 Å². The Morgan fingerprint density at radius 1 is 0.318 bits per heavy atom. The molecule has 0 radical (unpaired) electrons. The first-order valence-electron chi connectivity index (χ1n) is 35.6. The van der Waals surface area contributed by atoms with Crippen molar-refractivity contribution in [1.82, 2.24) is 0 Å². The molecule has 0 aromatic rings. The molecular weight excluding hydrogens is 1160 g/mol. The van der Waals surface area contributed by atoms with E-state index in [-0.39, 0.29) is 25.7 Å². The summed E-state index contributed by atoms with van der Waals surface area (Å²) < 4.78 is 68.1. The van der Waals surface area contributed by atoms with E-state index in [1.807, 2.05) is 0 Å². The van der Waals surface area contributed by atoms with Gasteiger partial charge in [-0.3, -0.25) is 37.3 Å². The van der Waals surface area contributed by atoms with E-state index >= 15 is 0 Å². The second-order valence-corrected chi connectivity index (χ2v) is 27.1. The van der Waals surface area contributed by atoms with Crippen LogP contribution in [0.3, 0.4) is 0 Å². The number of unbranched alkanes of at least 4 members (excludes halogenated alkanes) is 39. The van der Waals surface area contributed by atoms with Gasteiger partial charge in [0.05, 0.1) is 26.4 Å². The summed E-state index contributed by atoms with van der Waals surface area (Å²) in [7, 11) is -9.90. The summed E-state index contributed by atoms with van der Waals surface area (Å²) in [6.45, 7) is 4.83. The molecule has 2 unspecified atom stereocenters. The molecule has 0 fully saturated rings. The molecule has 17 nitrogen and oxygen atoms in total. The van der Waals surface area contributed by atoms with E-state index in [4.69, 9.17) is 37.0 Å². The Morgan fingerprint density at radius 2 is 0.545 bits per heavy atom. The van der Waals surface area contributed by atoms with Crippen LogP contribution in [0.1, 0.15) is 336 Å². The first kappa shape index (κ1) is 85.5. The Morgan fingerprint density at radius 3 is 0.830 bits per heavy atom. The SMILES string of the molecule is CCCCCC/C=C\C=C/CCCCCCCC(=O)O[C@H](COC(=O)CCCCCCCCCCCCCCCC)COP(=O)(O)OC[C@@H](O)COP(=O)(O)OC[C@@H](COC(=O)CCCCCCCCC)OC(=O)CCCCCCCCCCCCCC. The van der Waals surface area contributed by atoms with Crippen LogP contribution in [0.4, 0.5) is 0 Å². The van der Waals surface area contributed by atoms with Crippen molar-refractivity contribution in [2.45, 2.75) is 354 Å². The maximum absolute atomic E-state index is 13.0. The maximum atomic E-state index is 13.0. The Labute approximate surface area is 535 Å². The monoisotopic (exact) mass is 1290 g/mol. The summed E-state index contributed by atoms with van der Waals surface area (Å²) in [5, 5.41) is 10.6. The van der Waals surface area contributed by atoms with Gasteiger partial charge in [-0.25, -0.2) is 9.13 Å². The summed E-state index contributed by atoms with van der Waals surface area (Å²) in [5.74, 6) is -2.16. The molecule has 5 atom stereocenters. The lowest BCUT2D eigenvalue weighted by atomic mass is 10.0. The van der Waals surface area contributed by atoms with E-state index in [0.29, 0.717) is 25.7 Å². The van der Waals surface area contributed by atoms with Gasteiger partial charge in [0, 0.05) is 25.7 Å². The van der Waals surface area contributed by atoms with Crippen LogP contribution in [-0.2, 0) is 65.4 Å². The number of hydrogen-bond donors (Lipinski definition) is 3. The summed E-state index contributed by atoms with van der Waals surface area (Å²) in [6, 6.07) is 0. The van der Waals surface area contributed by atoms with Crippen molar-refractivity contribution in [2.24, 2.45) is 0 Å². The summed E-state index contributed by atoms with van der Waals surface area (Å²) in [5.41, 5.74) is 0. The molecule has 0 aromatic carbocycles. The minimum Gasteiger partial charge on any atom is -0.462 e. The zero-order valence-corrected chi connectivity index (χ0v) is 58.0. The van der Waals surface area contributed by atoms with E-state index in [1.54, 1.807) is 0 Å². The predicted molar refractivity (Wildman–Crippen MR) is 354 cm³/mol. The molecule has 0 amide bonds.